The lowest BCUT2D eigenvalue weighted by Gasteiger charge is -2.26. The molecular formula is C25H34FN3O4S. The normalized spacial score (nSPS) is 16.5. The Morgan fingerprint density at radius 2 is 2.09 bits per heavy atom. The number of aromatic nitrogens is 2. The van der Waals surface area contributed by atoms with E-state index in [1.165, 1.54) is 24.4 Å². The number of benzene rings is 1. The molecule has 0 aliphatic carbocycles. The van der Waals surface area contributed by atoms with E-state index in [1.54, 1.807) is 21.6 Å². The number of hydrogen-bond acceptors (Lipinski definition) is 5. The first-order valence-electron chi connectivity index (χ1n) is 11.5. The third-order valence-electron chi connectivity index (χ3n) is 5.63. The largest absolute Gasteiger partial charge is 0.376 e. The summed E-state index contributed by atoms with van der Waals surface area (Å²) < 4.78 is 48.2. The molecule has 186 valence electrons. The number of ether oxygens (including phenoxy) is 1. The van der Waals surface area contributed by atoms with E-state index in [9.17, 15) is 17.6 Å². The maximum absolute atomic E-state index is 14.2. The Hall–Kier alpha value is -2.52. The smallest absolute Gasteiger partial charge is 0.228 e. The van der Waals surface area contributed by atoms with E-state index >= 15 is 0 Å². The van der Waals surface area contributed by atoms with E-state index < -0.39 is 21.4 Å². The Labute approximate surface area is 201 Å². The first-order valence-corrected chi connectivity index (χ1v) is 13.2. The molecule has 1 fully saturated rings. The zero-order valence-corrected chi connectivity index (χ0v) is 21.0. The van der Waals surface area contributed by atoms with Crippen LogP contribution in [0.15, 0.2) is 48.3 Å². The van der Waals surface area contributed by atoms with Crippen molar-refractivity contribution in [3.05, 3.63) is 60.2 Å². The number of rotatable bonds is 10. The molecule has 7 nitrogen and oxygen atoms in total. The molecule has 1 aromatic carbocycles. The Balaban J connectivity index is 1.95. The molecule has 0 spiro atoms. The van der Waals surface area contributed by atoms with Gasteiger partial charge >= 0.3 is 0 Å². The van der Waals surface area contributed by atoms with Gasteiger partial charge in [0, 0.05) is 25.1 Å². The number of carbonyl (C=O) groups is 1. The van der Waals surface area contributed by atoms with Gasteiger partial charge in [0.25, 0.3) is 0 Å². The lowest BCUT2D eigenvalue weighted by atomic mass is 9.91. The molecule has 34 heavy (non-hydrogen) atoms. The van der Waals surface area contributed by atoms with Crippen LogP contribution in [0.5, 0.6) is 0 Å². The standard InChI is InChI=1S/C25H34FN3O4S/c1-5-12-28(23(30)14-25(2,3)4)16-20-15-27-24(29(20)17-21-10-8-13-33-21)34(31,32)18-19-9-6-7-11-22(19)26/h5-7,9,11,15,21H,1,8,10,12-14,16-18H2,2-4H3. The average molecular weight is 492 g/mol. The van der Waals surface area contributed by atoms with Crippen LogP contribution in [0.3, 0.4) is 0 Å². The van der Waals surface area contributed by atoms with Crippen molar-refractivity contribution in [3.63, 3.8) is 0 Å². The summed E-state index contributed by atoms with van der Waals surface area (Å²) in [5.74, 6) is -1.12. The SMILES string of the molecule is C=CCN(Cc1cnc(S(=O)(=O)Cc2ccccc2F)n1CC1CCCO1)C(=O)CC(C)(C)C. The molecule has 0 N–H and O–H groups in total. The fourth-order valence-corrected chi connectivity index (χ4v) is 5.52. The predicted molar refractivity (Wildman–Crippen MR) is 128 cm³/mol. The minimum atomic E-state index is -3.95. The van der Waals surface area contributed by atoms with Crippen molar-refractivity contribution < 1.29 is 22.3 Å². The van der Waals surface area contributed by atoms with Gasteiger partial charge in [0.15, 0.2) is 0 Å². The Morgan fingerprint density at radius 3 is 2.71 bits per heavy atom. The second kappa shape index (κ2) is 10.8. The van der Waals surface area contributed by atoms with Crippen molar-refractivity contribution in [1.82, 2.24) is 14.5 Å². The van der Waals surface area contributed by atoms with Gasteiger partial charge in [-0.25, -0.2) is 17.8 Å². The summed E-state index contributed by atoms with van der Waals surface area (Å²) in [5.41, 5.74) is 0.485. The maximum atomic E-state index is 14.2. The van der Waals surface area contributed by atoms with Gasteiger partial charge in [-0.2, -0.15) is 0 Å². The molecule has 2 heterocycles. The van der Waals surface area contributed by atoms with Crippen LogP contribution in [-0.4, -0.2) is 48.0 Å². The van der Waals surface area contributed by atoms with Gasteiger partial charge in [-0.15, -0.1) is 6.58 Å². The minimum Gasteiger partial charge on any atom is -0.376 e. The molecule has 1 aliphatic heterocycles. The van der Waals surface area contributed by atoms with E-state index in [4.69, 9.17) is 4.74 Å². The summed E-state index contributed by atoms with van der Waals surface area (Å²) in [6, 6.07) is 5.82. The van der Waals surface area contributed by atoms with E-state index in [2.05, 4.69) is 11.6 Å². The number of halogens is 1. The summed E-state index contributed by atoms with van der Waals surface area (Å²) in [4.78, 5) is 18.8. The lowest BCUT2D eigenvalue weighted by Crippen LogP contribution is -2.34. The molecule has 3 rings (SSSR count). The zero-order valence-electron chi connectivity index (χ0n) is 20.2. The number of carbonyl (C=O) groups excluding carboxylic acids is 1. The minimum absolute atomic E-state index is 0.0481. The summed E-state index contributed by atoms with van der Waals surface area (Å²) in [5, 5.41) is -0.136. The van der Waals surface area contributed by atoms with Crippen LogP contribution >= 0.6 is 0 Å². The van der Waals surface area contributed by atoms with Gasteiger partial charge in [0.05, 0.1) is 36.8 Å². The van der Waals surface area contributed by atoms with Gasteiger partial charge in [0.2, 0.25) is 20.9 Å². The summed E-state index contributed by atoms with van der Waals surface area (Å²) in [6.45, 7) is 11.2. The Bertz CT molecular complexity index is 1120. The van der Waals surface area contributed by atoms with Crippen molar-refractivity contribution in [1.29, 1.82) is 0 Å². The molecule has 0 radical (unpaired) electrons. The van der Waals surface area contributed by atoms with Gasteiger partial charge < -0.3 is 14.2 Å². The molecule has 1 unspecified atom stereocenters. The molecular weight excluding hydrogens is 457 g/mol. The number of hydrogen-bond donors (Lipinski definition) is 0. The van der Waals surface area contributed by atoms with Gasteiger partial charge in [-0.1, -0.05) is 45.0 Å². The summed E-state index contributed by atoms with van der Waals surface area (Å²) >= 11 is 0. The van der Waals surface area contributed by atoms with Gasteiger partial charge in [0.1, 0.15) is 5.82 Å². The molecule has 2 aromatic rings. The predicted octanol–water partition coefficient (Wildman–Crippen LogP) is 4.13. The van der Waals surface area contributed by atoms with Crippen molar-refractivity contribution in [3.8, 4) is 0 Å². The van der Waals surface area contributed by atoms with Crippen LogP contribution in [0.4, 0.5) is 4.39 Å². The van der Waals surface area contributed by atoms with Crippen molar-refractivity contribution in [2.45, 2.75) is 70.1 Å². The fourth-order valence-electron chi connectivity index (χ4n) is 4.01. The highest BCUT2D eigenvalue weighted by Crippen LogP contribution is 2.25. The topological polar surface area (TPSA) is 81.5 Å². The van der Waals surface area contributed by atoms with Crippen LogP contribution in [-0.2, 0) is 38.2 Å². The average Bonchev–Trinajstić information content (AvgIpc) is 3.39. The van der Waals surface area contributed by atoms with E-state index in [0.717, 1.165) is 12.8 Å². The number of nitrogens with zero attached hydrogens (tertiary/aromatic N) is 3. The second-order valence-electron chi connectivity index (χ2n) is 9.93. The van der Waals surface area contributed by atoms with Crippen LogP contribution in [0.2, 0.25) is 0 Å². The molecule has 9 heteroatoms. The molecule has 1 saturated heterocycles. The Kier molecular flexibility index (Phi) is 8.30. The first kappa shape index (κ1) is 26.1. The fraction of sp³-hybridized carbons (Fsp3) is 0.520. The summed E-state index contributed by atoms with van der Waals surface area (Å²) in [7, 11) is -3.95. The Morgan fingerprint density at radius 1 is 1.35 bits per heavy atom. The van der Waals surface area contributed by atoms with E-state index in [1.807, 2.05) is 20.8 Å². The van der Waals surface area contributed by atoms with Crippen molar-refractivity contribution in [2.24, 2.45) is 5.41 Å². The molecule has 1 aliphatic rings. The zero-order chi connectivity index (χ0) is 24.9. The van der Waals surface area contributed by atoms with Crippen LogP contribution < -0.4 is 0 Å². The third-order valence-corrected chi connectivity index (χ3v) is 7.20. The lowest BCUT2D eigenvalue weighted by molar-refractivity contribution is -0.133. The van der Waals surface area contributed by atoms with Crippen LogP contribution in [0, 0.1) is 11.2 Å². The van der Waals surface area contributed by atoms with Crippen molar-refractivity contribution >= 4 is 15.7 Å². The highest BCUT2D eigenvalue weighted by atomic mass is 32.2. The van der Waals surface area contributed by atoms with Gasteiger partial charge in [-0.05, 0) is 24.3 Å². The summed E-state index contributed by atoms with van der Waals surface area (Å²) in [6.07, 6.45) is 5.05. The molecule has 0 bridgehead atoms. The molecule has 1 atom stereocenters. The molecule has 1 amide bonds. The highest BCUT2D eigenvalue weighted by Gasteiger charge is 2.29. The number of sulfone groups is 1. The number of amides is 1. The van der Waals surface area contributed by atoms with Crippen molar-refractivity contribution in [2.75, 3.05) is 13.2 Å². The highest BCUT2D eigenvalue weighted by molar-refractivity contribution is 7.90. The maximum Gasteiger partial charge on any atom is 0.228 e. The molecule has 0 saturated carbocycles. The van der Waals surface area contributed by atoms with Crippen LogP contribution in [0.25, 0.3) is 0 Å². The number of imidazole rings is 1. The quantitative estimate of drug-likeness (QED) is 0.467. The van der Waals surface area contributed by atoms with E-state index in [-0.39, 0.29) is 34.7 Å². The first-order chi connectivity index (χ1) is 16.0. The second-order valence-corrected chi connectivity index (χ2v) is 11.8. The third kappa shape index (κ3) is 6.76. The monoisotopic (exact) mass is 491 g/mol. The van der Waals surface area contributed by atoms with E-state index in [0.29, 0.717) is 31.8 Å². The van der Waals surface area contributed by atoms with Gasteiger partial charge in [-0.3, -0.25) is 4.79 Å². The molecule has 1 aromatic heterocycles. The van der Waals surface area contributed by atoms with Crippen LogP contribution in [0.1, 0.15) is 51.3 Å².